The van der Waals surface area contributed by atoms with Crippen LogP contribution >= 0.6 is 22.9 Å². The molecule has 0 bridgehead atoms. The fraction of sp³-hybridized carbons (Fsp3) is 0.0667. The molecule has 29 heavy (non-hydrogen) atoms. The zero-order valence-electron chi connectivity index (χ0n) is 13.9. The fourth-order valence-corrected chi connectivity index (χ4v) is 4.01. The molecule has 0 saturated carbocycles. The molecule has 0 unspecified atom stereocenters. The number of alkyl halides is 3. The molecule has 1 aromatic carbocycles. The molecule has 3 rings (SSSR count). The van der Waals surface area contributed by atoms with Crippen molar-refractivity contribution in [2.75, 3.05) is 5.32 Å². The second-order valence-electron chi connectivity index (χ2n) is 5.34. The summed E-state index contributed by atoms with van der Waals surface area (Å²) in [5, 5.41) is 9.11. The van der Waals surface area contributed by atoms with Gasteiger partial charge in [0.2, 0.25) is 5.13 Å². The molecule has 0 fully saturated rings. The molecule has 8 nitrogen and oxygen atoms in total. The van der Waals surface area contributed by atoms with Crippen LogP contribution in [-0.4, -0.2) is 29.6 Å². The van der Waals surface area contributed by atoms with E-state index >= 15 is 0 Å². The smallest absolute Gasteiger partial charge is 0.281 e. The number of aromatic nitrogens is 3. The van der Waals surface area contributed by atoms with Gasteiger partial charge in [-0.2, -0.15) is 13.2 Å². The maximum absolute atomic E-state index is 12.7. The Kier molecular flexibility index (Phi) is 5.73. The van der Waals surface area contributed by atoms with Crippen molar-refractivity contribution >= 4 is 44.1 Å². The van der Waals surface area contributed by atoms with Gasteiger partial charge in [0.25, 0.3) is 10.0 Å². The number of pyridine rings is 1. The van der Waals surface area contributed by atoms with Crippen molar-refractivity contribution in [2.45, 2.75) is 11.1 Å². The number of nitrogens with one attached hydrogen (secondary N) is 2. The molecular weight excluding hydrogens is 455 g/mol. The molecular formula is C15H9ClF3N5O3S2. The highest BCUT2D eigenvalue weighted by Gasteiger charge is 2.32. The Morgan fingerprint density at radius 3 is 2.45 bits per heavy atom. The number of anilines is 1. The van der Waals surface area contributed by atoms with Gasteiger partial charge in [0.05, 0.1) is 15.5 Å². The van der Waals surface area contributed by atoms with Crippen molar-refractivity contribution in [1.29, 1.82) is 0 Å². The van der Waals surface area contributed by atoms with E-state index in [1.165, 1.54) is 24.3 Å². The van der Waals surface area contributed by atoms with Gasteiger partial charge in [0.1, 0.15) is 5.69 Å². The van der Waals surface area contributed by atoms with Crippen LogP contribution < -0.4 is 10.0 Å². The Labute approximate surface area is 170 Å². The Balaban J connectivity index is 1.73. The van der Waals surface area contributed by atoms with Gasteiger partial charge in [0, 0.05) is 6.20 Å². The average molecular weight is 464 g/mol. The minimum atomic E-state index is -4.61. The summed E-state index contributed by atoms with van der Waals surface area (Å²) in [4.78, 5) is 15.5. The third-order valence-electron chi connectivity index (χ3n) is 3.30. The standard InChI is InChI=1S/C15H9ClF3N5O3S2/c16-10-6-8(15(17,18)19)7-20-11(10)12-22-23-14(28-12)21-13(25)24-29(26,27)9-4-2-1-3-5-9/h1-7H,(H2,21,23,24,25). The summed E-state index contributed by atoms with van der Waals surface area (Å²) in [6.07, 6.45) is -4.01. The van der Waals surface area contributed by atoms with Crippen molar-refractivity contribution < 1.29 is 26.4 Å². The van der Waals surface area contributed by atoms with E-state index in [9.17, 15) is 26.4 Å². The molecule has 3 aromatic rings. The number of amides is 2. The molecule has 0 spiro atoms. The first-order valence-corrected chi connectivity index (χ1v) is 10.2. The van der Waals surface area contributed by atoms with Crippen LogP contribution in [0.4, 0.5) is 23.1 Å². The minimum Gasteiger partial charge on any atom is -0.281 e. The Bertz CT molecular complexity index is 1150. The number of benzene rings is 1. The maximum Gasteiger partial charge on any atom is 0.417 e. The first-order valence-electron chi connectivity index (χ1n) is 7.52. The number of hydrogen-bond donors (Lipinski definition) is 2. The van der Waals surface area contributed by atoms with Crippen molar-refractivity contribution in [3.8, 4) is 10.7 Å². The third kappa shape index (κ3) is 4.99. The lowest BCUT2D eigenvalue weighted by Crippen LogP contribution is -2.34. The monoisotopic (exact) mass is 463 g/mol. The van der Waals surface area contributed by atoms with Gasteiger partial charge < -0.3 is 0 Å². The number of urea groups is 1. The summed E-state index contributed by atoms with van der Waals surface area (Å²) in [7, 11) is -4.10. The number of sulfonamides is 1. The molecule has 2 amide bonds. The normalized spacial score (nSPS) is 11.9. The van der Waals surface area contributed by atoms with Crippen molar-refractivity contribution in [2.24, 2.45) is 0 Å². The lowest BCUT2D eigenvalue weighted by atomic mass is 10.2. The molecule has 0 saturated heterocycles. The van der Waals surface area contributed by atoms with Crippen molar-refractivity contribution in [3.05, 3.63) is 53.2 Å². The summed E-state index contributed by atoms with van der Waals surface area (Å²) < 4.78 is 64.0. The van der Waals surface area contributed by atoms with E-state index in [1.807, 2.05) is 0 Å². The summed E-state index contributed by atoms with van der Waals surface area (Å²) in [5.74, 6) is 0. The largest absolute Gasteiger partial charge is 0.417 e. The Morgan fingerprint density at radius 1 is 1.14 bits per heavy atom. The highest BCUT2D eigenvalue weighted by atomic mass is 35.5. The number of carbonyl (C=O) groups excluding carboxylic acids is 1. The number of carbonyl (C=O) groups is 1. The second kappa shape index (κ2) is 7.93. The minimum absolute atomic E-state index is 0.0324. The van der Waals surface area contributed by atoms with E-state index < -0.39 is 27.8 Å². The molecule has 0 aliphatic heterocycles. The molecule has 2 N–H and O–H groups in total. The van der Waals surface area contributed by atoms with Crippen LogP contribution in [0.3, 0.4) is 0 Å². The number of hydrogen-bond acceptors (Lipinski definition) is 7. The van der Waals surface area contributed by atoms with Crippen LogP contribution in [0.2, 0.25) is 5.02 Å². The summed E-state index contributed by atoms with van der Waals surface area (Å²) in [5.41, 5.74) is -1.10. The molecule has 0 radical (unpaired) electrons. The lowest BCUT2D eigenvalue weighted by Gasteiger charge is -2.07. The molecule has 2 heterocycles. The van der Waals surface area contributed by atoms with E-state index in [0.29, 0.717) is 12.3 Å². The molecule has 152 valence electrons. The highest BCUT2D eigenvalue weighted by molar-refractivity contribution is 7.90. The fourth-order valence-electron chi connectivity index (χ4n) is 2.02. The van der Waals surface area contributed by atoms with Gasteiger partial charge in [-0.3, -0.25) is 10.3 Å². The molecule has 2 aromatic heterocycles. The van der Waals surface area contributed by atoms with E-state index in [4.69, 9.17) is 11.6 Å². The SMILES string of the molecule is O=C(Nc1nnc(-c2ncc(C(F)(F)F)cc2Cl)s1)NS(=O)(=O)c1ccccc1. The lowest BCUT2D eigenvalue weighted by molar-refractivity contribution is -0.137. The molecule has 14 heteroatoms. The van der Waals surface area contributed by atoms with Crippen molar-refractivity contribution in [3.63, 3.8) is 0 Å². The van der Waals surface area contributed by atoms with Gasteiger partial charge in [0.15, 0.2) is 5.01 Å². The predicted molar refractivity (Wildman–Crippen MR) is 98.9 cm³/mol. The first-order chi connectivity index (χ1) is 13.6. The van der Waals surface area contributed by atoms with Gasteiger partial charge in [-0.1, -0.05) is 41.1 Å². The van der Waals surface area contributed by atoms with Crippen LogP contribution in [0, 0.1) is 0 Å². The third-order valence-corrected chi connectivity index (χ3v) is 5.78. The van der Waals surface area contributed by atoms with E-state index in [-0.39, 0.29) is 25.8 Å². The second-order valence-corrected chi connectivity index (χ2v) is 8.40. The summed E-state index contributed by atoms with van der Waals surface area (Å²) >= 11 is 6.58. The Morgan fingerprint density at radius 2 is 1.83 bits per heavy atom. The molecule has 0 aliphatic carbocycles. The van der Waals surface area contributed by atoms with E-state index in [2.05, 4.69) is 20.5 Å². The van der Waals surface area contributed by atoms with Gasteiger partial charge >= 0.3 is 12.2 Å². The molecule has 0 atom stereocenters. The van der Waals surface area contributed by atoms with Crippen molar-refractivity contribution in [1.82, 2.24) is 19.9 Å². The molecule has 0 aliphatic rings. The van der Waals surface area contributed by atoms with Crippen LogP contribution in [0.5, 0.6) is 0 Å². The van der Waals surface area contributed by atoms with Gasteiger partial charge in [-0.25, -0.2) is 17.9 Å². The Hall–Kier alpha value is -2.77. The van der Waals surface area contributed by atoms with Gasteiger partial charge in [-0.05, 0) is 18.2 Å². The predicted octanol–water partition coefficient (Wildman–Crippen LogP) is 3.78. The van der Waals surface area contributed by atoms with Crippen LogP contribution in [-0.2, 0) is 16.2 Å². The highest BCUT2D eigenvalue weighted by Crippen LogP contribution is 2.35. The van der Waals surface area contributed by atoms with Crippen LogP contribution in [0.15, 0.2) is 47.5 Å². The van der Waals surface area contributed by atoms with E-state index in [1.54, 1.807) is 10.8 Å². The average Bonchev–Trinajstić information content (AvgIpc) is 3.09. The van der Waals surface area contributed by atoms with E-state index in [0.717, 1.165) is 11.3 Å². The maximum atomic E-state index is 12.7. The topological polar surface area (TPSA) is 114 Å². The van der Waals surface area contributed by atoms with Gasteiger partial charge in [-0.15, -0.1) is 10.2 Å². The number of halogens is 4. The number of nitrogens with zero attached hydrogens (tertiary/aromatic N) is 3. The summed E-state index contributed by atoms with van der Waals surface area (Å²) in [6.45, 7) is 0. The summed E-state index contributed by atoms with van der Waals surface area (Å²) in [6, 6.07) is 6.80. The number of rotatable bonds is 4. The first kappa shape index (κ1) is 21.0. The zero-order valence-corrected chi connectivity index (χ0v) is 16.3. The zero-order chi connectivity index (χ0) is 21.2. The van der Waals surface area contributed by atoms with Crippen LogP contribution in [0.25, 0.3) is 10.7 Å². The van der Waals surface area contributed by atoms with Crippen LogP contribution in [0.1, 0.15) is 5.56 Å². The quantitative estimate of drug-likeness (QED) is 0.608.